The highest BCUT2D eigenvalue weighted by molar-refractivity contribution is 6.46. The van der Waals surface area contributed by atoms with Crippen molar-refractivity contribution >= 4 is 40.7 Å². The van der Waals surface area contributed by atoms with Gasteiger partial charge < -0.3 is 10.0 Å². The Balaban J connectivity index is 2.16. The van der Waals surface area contributed by atoms with E-state index in [0.717, 1.165) is 0 Å². The highest BCUT2D eigenvalue weighted by atomic mass is 35.5. The number of carbonyl (C=O) groups excluding carboxylic acids is 2. The quantitative estimate of drug-likeness (QED) is 0.498. The smallest absolute Gasteiger partial charge is 0.295 e. The van der Waals surface area contributed by atoms with Gasteiger partial charge in [-0.3, -0.25) is 9.59 Å². The summed E-state index contributed by atoms with van der Waals surface area (Å²) < 4.78 is 0. The Bertz CT molecular complexity index is 842. The lowest BCUT2D eigenvalue weighted by atomic mass is 9.95. The molecule has 1 atom stereocenters. The maximum atomic E-state index is 12.4. The number of hydrogen-bond acceptors (Lipinski definition) is 3. The summed E-state index contributed by atoms with van der Waals surface area (Å²) in [6.07, 6.45) is 0. The first-order chi connectivity index (χ1) is 11.4. The van der Waals surface area contributed by atoms with Gasteiger partial charge in [0.05, 0.1) is 11.6 Å². The Morgan fingerprint density at radius 2 is 1.46 bits per heavy atom. The average molecular weight is 362 g/mol. The number of amides is 1. The molecule has 24 heavy (non-hydrogen) atoms. The van der Waals surface area contributed by atoms with Crippen molar-refractivity contribution in [2.45, 2.75) is 6.04 Å². The van der Waals surface area contributed by atoms with Crippen LogP contribution < -0.4 is 0 Å². The van der Waals surface area contributed by atoms with E-state index in [-0.39, 0.29) is 11.3 Å². The van der Waals surface area contributed by atoms with Crippen LogP contribution in [0.1, 0.15) is 17.2 Å². The first kappa shape index (κ1) is 16.6. The van der Waals surface area contributed by atoms with Gasteiger partial charge in [-0.1, -0.05) is 35.3 Å². The second-order valence-corrected chi connectivity index (χ2v) is 6.34. The minimum Gasteiger partial charge on any atom is -0.507 e. The molecule has 1 aliphatic rings. The number of halogens is 2. The van der Waals surface area contributed by atoms with E-state index < -0.39 is 17.7 Å². The van der Waals surface area contributed by atoms with Gasteiger partial charge in [0.2, 0.25) is 0 Å². The van der Waals surface area contributed by atoms with Gasteiger partial charge in [0, 0.05) is 22.7 Å². The second-order valence-electron chi connectivity index (χ2n) is 5.47. The molecule has 6 heteroatoms. The van der Waals surface area contributed by atoms with Crippen LogP contribution in [0.25, 0.3) is 5.76 Å². The minimum atomic E-state index is -0.718. The van der Waals surface area contributed by atoms with Gasteiger partial charge in [-0.25, -0.2) is 0 Å². The standard InChI is InChI=1S/C18H13Cl2NO3/c1-21-15(10-2-6-12(19)7-3-10)14(17(23)18(21)24)16(22)11-4-8-13(20)9-5-11/h2-9,15,22H,1H3/b16-14-. The molecule has 4 nitrogen and oxygen atoms in total. The Morgan fingerprint density at radius 3 is 2.00 bits per heavy atom. The van der Waals surface area contributed by atoms with Crippen LogP contribution in [0.3, 0.4) is 0 Å². The monoisotopic (exact) mass is 361 g/mol. The second kappa shape index (κ2) is 6.30. The Morgan fingerprint density at radius 1 is 0.958 bits per heavy atom. The number of aliphatic hydroxyl groups excluding tert-OH is 1. The van der Waals surface area contributed by atoms with E-state index in [9.17, 15) is 14.7 Å². The van der Waals surface area contributed by atoms with Gasteiger partial charge in [0.1, 0.15) is 5.76 Å². The van der Waals surface area contributed by atoms with E-state index in [0.29, 0.717) is 21.2 Å². The molecule has 3 rings (SSSR count). The van der Waals surface area contributed by atoms with Crippen LogP contribution in [0.4, 0.5) is 0 Å². The molecule has 2 aromatic rings. The summed E-state index contributed by atoms with van der Waals surface area (Å²) in [5, 5.41) is 11.7. The number of ketones is 1. The number of hydrogen-bond donors (Lipinski definition) is 1. The van der Waals surface area contributed by atoms with Crippen molar-refractivity contribution in [3.05, 3.63) is 75.3 Å². The molecule has 0 aromatic heterocycles. The number of Topliss-reactive ketones (excluding diaryl/α,β-unsaturated/α-hetero) is 1. The fraction of sp³-hybridized carbons (Fsp3) is 0.111. The molecule has 1 amide bonds. The molecule has 1 unspecified atom stereocenters. The van der Waals surface area contributed by atoms with Crippen molar-refractivity contribution in [2.24, 2.45) is 0 Å². The van der Waals surface area contributed by atoms with Crippen molar-refractivity contribution in [2.75, 3.05) is 7.05 Å². The molecule has 1 fully saturated rings. The number of aliphatic hydroxyl groups is 1. The van der Waals surface area contributed by atoms with Crippen LogP contribution in [0, 0.1) is 0 Å². The lowest BCUT2D eigenvalue weighted by Crippen LogP contribution is -2.24. The number of carbonyl (C=O) groups is 2. The third-order valence-electron chi connectivity index (χ3n) is 3.98. The zero-order valence-corrected chi connectivity index (χ0v) is 14.2. The normalized spacial score (nSPS) is 19.8. The van der Waals surface area contributed by atoms with E-state index >= 15 is 0 Å². The zero-order chi connectivity index (χ0) is 17.4. The molecule has 0 radical (unpaired) electrons. The van der Waals surface area contributed by atoms with Crippen LogP contribution in [0.2, 0.25) is 10.0 Å². The third kappa shape index (κ3) is 2.79. The molecule has 1 N–H and O–H groups in total. The first-order valence-electron chi connectivity index (χ1n) is 7.16. The third-order valence-corrected chi connectivity index (χ3v) is 4.48. The fourth-order valence-corrected chi connectivity index (χ4v) is 3.00. The van der Waals surface area contributed by atoms with Gasteiger partial charge in [0.25, 0.3) is 11.7 Å². The topological polar surface area (TPSA) is 57.6 Å². The molecule has 2 aromatic carbocycles. The Hall–Kier alpha value is -2.30. The van der Waals surface area contributed by atoms with Crippen LogP contribution in [0.15, 0.2) is 54.1 Å². The molecule has 1 aliphatic heterocycles. The van der Waals surface area contributed by atoms with Gasteiger partial charge in [-0.05, 0) is 42.0 Å². The summed E-state index contributed by atoms with van der Waals surface area (Å²) in [5.74, 6) is -1.61. The molecule has 0 spiro atoms. The summed E-state index contributed by atoms with van der Waals surface area (Å²) in [5.41, 5.74) is 1.16. The van der Waals surface area contributed by atoms with E-state index in [1.54, 1.807) is 48.5 Å². The number of likely N-dealkylation sites (N-methyl/N-ethyl adjacent to an activating group) is 1. The largest absolute Gasteiger partial charge is 0.507 e. The molecular formula is C18H13Cl2NO3. The number of benzene rings is 2. The SMILES string of the molecule is CN1C(=O)C(=O)/C(=C(\O)c2ccc(Cl)cc2)C1c1ccc(Cl)cc1. The lowest BCUT2D eigenvalue weighted by molar-refractivity contribution is -0.139. The van der Waals surface area contributed by atoms with Crippen molar-refractivity contribution in [1.82, 2.24) is 4.90 Å². The zero-order valence-electron chi connectivity index (χ0n) is 12.7. The van der Waals surface area contributed by atoms with E-state index in [2.05, 4.69) is 0 Å². The summed E-state index contributed by atoms with van der Waals surface area (Å²) in [7, 11) is 1.53. The summed E-state index contributed by atoms with van der Waals surface area (Å²) >= 11 is 11.8. The van der Waals surface area contributed by atoms with Crippen molar-refractivity contribution in [3.63, 3.8) is 0 Å². The molecule has 0 saturated carbocycles. The van der Waals surface area contributed by atoms with E-state index in [1.165, 1.54) is 11.9 Å². The predicted molar refractivity (Wildman–Crippen MR) is 93.0 cm³/mol. The average Bonchev–Trinajstić information content (AvgIpc) is 2.80. The summed E-state index contributed by atoms with van der Waals surface area (Å²) in [6, 6.07) is 12.5. The molecule has 0 aliphatic carbocycles. The van der Waals surface area contributed by atoms with E-state index in [1.807, 2.05) is 0 Å². The van der Waals surface area contributed by atoms with Crippen LogP contribution >= 0.6 is 23.2 Å². The molecular weight excluding hydrogens is 349 g/mol. The summed E-state index contributed by atoms with van der Waals surface area (Å²) in [4.78, 5) is 25.8. The maximum Gasteiger partial charge on any atom is 0.295 e. The van der Waals surface area contributed by atoms with Crippen LogP contribution in [-0.4, -0.2) is 28.7 Å². The number of likely N-dealkylation sites (tertiary alicyclic amines) is 1. The maximum absolute atomic E-state index is 12.4. The van der Waals surface area contributed by atoms with Crippen molar-refractivity contribution in [3.8, 4) is 0 Å². The van der Waals surface area contributed by atoms with Crippen molar-refractivity contribution in [1.29, 1.82) is 0 Å². The van der Waals surface area contributed by atoms with Crippen LogP contribution in [-0.2, 0) is 9.59 Å². The molecule has 0 bridgehead atoms. The highest BCUT2D eigenvalue weighted by Gasteiger charge is 2.44. The Kier molecular flexibility index (Phi) is 4.35. The van der Waals surface area contributed by atoms with Crippen molar-refractivity contribution < 1.29 is 14.7 Å². The van der Waals surface area contributed by atoms with Gasteiger partial charge in [-0.2, -0.15) is 0 Å². The Labute approximate surface area is 148 Å². The predicted octanol–water partition coefficient (Wildman–Crippen LogP) is 4.04. The summed E-state index contributed by atoms with van der Waals surface area (Å²) in [6.45, 7) is 0. The fourth-order valence-electron chi connectivity index (χ4n) is 2.75. The van der Waals surface area contributed by atoms with Gasteiger partial charge >= 0.3 is 0 Å². The first-order valence-corrected chi connectivity index (χ1v) is 7.91. The van der Waals surface area contributed by atoms with E-state index in [4.69, 9.17) is 23.2 Å². The number of nitrogens with zero attached hydrogens (tertiary/aromatic N) is 1. The molecule has 122 valence electrons. The van der Waals surface area contributed by atoms with Gasteiger partial charge in [0.15, 0.2) is 0 Å². The number of rotatable bonds is 2. The van der Waals surface area contributed by atoms with Crippen LogP contribution in [0.5, 0.6) is 0 Å². The molecule has 1 heterocycles. The molecule has 1 saturated heterocycles. The lowest BCUT2D eigenvalue weighted by Gasteiger charge is -2.21. The highest BCUT2D eigenvalue weighted by Crippen LogP contribution is 2.38. The van der Waals surface area contributed by atoms with Gasteiger partial charge in [-0.15, -0.1) is 0 Å². The minimum absolute atomic E-state index is 0.0483.